The minimum Gasteiger partial charge on any atom is -0.309 e. The fourth-order valence-corrected chi connectivity index (χ4v) is 10.6. The van der Waals surface area contributed by atoms with E-state index in [-0.39, 0.29) is 0 Å². The number of hydrogen-bond acceptors (Lipinski definition) is 5. The van der Waals surface area contributed by atoms with Crippen molar-refractivity contribution in [2.45, 2.75) is 0 Å². The molecule has 3 heterocycles. The predicted octanol–water partition coefficient (Wildman–Crippen LogP) is 16.9. The van der Waals surface area contributed by atoms with Gasteiger partial charge in [-0.2, -0.15) is 10.5 Å². The highest BCUT2D eigenvalue weighted by Gasteiger charge is 2.24. The molecule has 0 amide bonds. The minimum absolute atomic E-state index is 0.374. The van der Waals surface area contributed by atoms with Crippen LogP contribution in [0.4, 0.5) is 11.4 Å². The number of para-hydroxylation sites is 3. The first kappa shape index (κ1) is 44.7. The fraction of sp³-hybridized carbons (Fsp3) is 0. The molecule has 0 spiro atoms. The monoisotopic (exact) mass is 967 g/mol. The zero-order valence-corrected chi connectivity index (χ0v) is 40.4. The van der Waals surface area contributed by atoms with Crippen LogP contribution in [-0.4, -0.2) is 24.1 Å². The van der Waals surface area contributed by atoms with Crippen LogP contribution in [-0.2, 0) is 0 Å². The SMILES string of the molecule is [C-]#[N+]c1cc(C#N)cc(-c2ccc3c(c2)c2cc(-c4cc(C#N)cc([N+]#[C-])c4)ccc2n3-c2ccc(-c3cccc4c5ccccc5n(-c5ccccc5)c34)cc2-c2nc(-c3ccccc3)nc(-c3ccccc3)n2)c1. The van der Waals surface area contributed by atoms with Crippen LogP contribution in [0.3, 0.4) is 0 Å². The first-order valence-electron chi connectivity index (χ1n) is 24.5. The number of nitrogens with zero attached hydrogens (tertiary/aromatic N) is 9. The van der Waals surface area contributed by atoms with Crippen LogP contribution >= 0.6 is 0 Å². The van der Waals surface area contributed by atoms with Crippen LogP contribution < -0.4 is 0 Å². The zero-order valence-electron chi connectivity index (χ0n) is 40.4. The Bertz CT molecular complexity index is 4420. The van der Waals surface area contributed by atoms with E-state index >= 15 is 0 Å². The van der Waals surface area contributed by atoms with Crippen LogP contribution in [0, 0.1) is 35.8 Å². The van der Waals surface area contributed by atoms with Gasteiger partial charge in [0.05, 0.1) is 53.0 Å². The average Bonchev–Trinajstić information content (AvgIpc) is 4.03. The second-order valence-electron chi connectivity index (χ2n) is 18.4. The maximum atomic E-state index is 10.0. The second kappa shape index (κ2) is 18.4. The molecule has 9 nitrogen and oxygen atoms in total. The van der Waals surface area contributed by atoms with Gasteiger partial charge in [-0.3, -0.25) is 0 Å². The third kappa shape index (κ3) is 7.66. The van der Waals surface area contributed by atoms with Crippen LogP contribution in [0.1, 0.15) is 11.1 Å². The van der Waals surface area contributed by atoms with E-state index in [1.54, 1.807) is 12.1 Å². The van der Waals surface area contributed by atoms with E-state index < -0.39 is 0 Å². The van der Waals surface area contributed by atoms with E-state index in [2.05, 4.69) is 140 Å². The second-order valence-corrected chi connectivity index (χ2v) is 18.4. The lowest BCUT2D eigenvalue weighted by Crippen LogP contribution is -2.04. The summed E-state index contributed by atoms with van der Waals surface area (Å²) < 4.78 is 4.60. The van der Waals surface area contributed by atoms with Gasteiger partial charge in [0.1, 0.15) is 0 Å². The molecule has 0 N–H and O–H groups in total. The summed E-state index contributed by atoms with van der Waals surface area (Å²) in [6.45, 7) is 15.7. The number of aromatic nitrogens is 5. The molecule has 0 aliphatic rings. The summed E-state index contributed by atoms with van der Waals surface area (Å²) in [6, 6.07) is 79.3. The van der Waals surface area contributed by atoms with Crippen molar-refractivity contribution in [2.24, 2.45) is 0 Å². The summed E-state index contributed by atoms with van der Waals surface area (Å²) in [5.41, 5.74) is 14.9. The maximum absolute atomic E-state index is 10.0. The zero-order chi connectivity index (χ0) is 51.3. The van der Waals surface area contributed by atoms with E-state index in [0.717, 1.165) is 105 Å². The smallest absolute Gasteiger partial charge is 0.189 e. The largest absolute Gasteiger partial charge is 0.309 e. The molecule has 0 radical (unpaired) electrons. The van der Waals surface area contributed by atoms with Gasteiger partial charge in [0.2, 0.25) is 0 Å². The van der Waals surface area contributed by atoms with E-state index in [9.17, 15) is 10.5 Å². The lowest BCUT2D eigenvalue weighted by atomic mass is 9.98. The Kier molecular flexibility index (Phi) is 10.8. The average molecular weight is 968 g/mol. The Morgan fingerprint density at radius 3 is 1.42 bits per heavy atom. The van der Waals surface area contributed by atoms with Gasteiger partial charge in [0.15, 0.2) is 28.8 Å². The Labute approximate surface area is 437 Å². The molecule has 9 heteroatoms. The Morgan fingerprint density at radius 1 is 0.355 bits per heavy atom. The number of hydrogen-bond donors (Lipinski definition) is 0. The van der Waals surface area contributed by atoms with Crippen LogP contribution in [0.2, 0.25) is 0 Å². The van der Waals surface area contributed by atoms with Crippen molar-refractivity contribution in [1.82, 2.24) is 24.1 Å². The molecule has 0 unspecified atom stereocenters. The highest BCUT2D eigenvalue weighted by Crippen LogP contribution is 2.44. The summed E-state index contributed by atoms with van der Waals surface area (Å²) in [4.78, 5) is 23.2. The summed E-state index contributed by atoms with van der Waals surface area (Å²) in [5.74, 6) is 1.53. The molecule has 0 aliphatic carbocycles. The van der Waals surface area contributed by atoms with Crippen molar-refractivity contribution in [3.63, 3.8) is 0 Å². The van der Waals surface area contributed by atoms with Gasteiger partial charge in [0.25, 0.3) is 0 Å². The number of benzene rings is 10. The Morgan fingerprint density at radius 2 is 0.855 bits per heavy atom. The van der Waals surface area contributed by atoms with Crippen molar-refractivity contribution in [3.8, 4) is 91.1 Å². The predicted molar refractivity (Wildman–Crippen MR) is 303 cm³/mol. The van der Waals surface area contributed by atoms with Gasteiger partial charge in [-0.15, -0.1) is 0 Å². The molecule has 3 aromatic heterocycles. The first-order valence-corrected chi connectivity index (χ1v) is 24.5. The highest BCUT2D eigenvalue weighted by atomic mass is 15.1. The van der Waals surface area contributed by atoms with Gasteiger partial charge in [-0.1, -0.05) is 133 Å². The molecule has 76 heavy (non-hydrogen) atoms. The molecule has 0 atom stereocenters. The molecular formula is C67H37N9. The van der Waals surface area contributed by atoms with Crippen LogP contribution in [0.5, 0.6) is 0 Å². The Hall–Kier alpha value is -11.2. The third-order valence-electron chi connectivity index (χ3n) is 14.0. The van der Waals surface area contributed by atoms with Crippen LogP contribution in [0.15, 0.2) is 224 Å². The lowest BCUT2D eigenvalue weighted by molar-refractivity contribution is 1.06. The van der Waals surface area contributed by atoms with Crippen molar-refractivity contribution in [3.05, 3.63) is 258 Å². The van der Waals surface area contributed by atoms with E-state index in [1.807, 2.05) is 103 Å². The molecule has 13 rings (SSSR count). The molecular weight excluding hydrogens is 931 g/mol. The summed E-state index contributed by atoms with van der Waals surface area (Å²) in [7, 11) is 0. The fourth-order valence-electron chi connectivity index (χ4n) is 10.6. The first-order chi connectivity index (χ1) is 37.5. The Balaban J connectivity index is 1.13. The van der Waals surface area contributed by atoms with Gasteiger partial charge in [-0.05, 0) is 119 Å². The van der Waals surface area contributed by atoms with Crippen molar-refractivity contribution >= 4 is 55.0 Å². The molecule has 10 aromatic carbocycles. The normalized spacial score (nSPS) is 11.1. The highest BCUT2D eigenvalue weighted by molar-refractivity contribution is 6.15. The molecule has 0 saturated carbocycles. The molecule has 0 bridgehead atoms. The van der Waals surface area contributed by atoms with Crippen molar-refractivity contribution < 1.29 is 0 Å². The quantitative estimate of drug-likeness (QED) is 0.141. The third-order valence-corrected chi connectivity index (χ3v) is 14.0. The van der Waals surface area contributed by atoms with Gasteiger partial charge < -0.3 is 9.13 Å². The topological polar surface area (TPSA) is 105 Å². The summed E-state index contributed by atoms with van der Waals surface area (Å²) in [6.07, 6.45) is 0. The van der Waals surface area contributed by atoms with Crippen molar-refractivity contribution in [2.75, 3.05) is 0 Å². The van der Waals surface area contributed by atoms with Crippen LogP contribution in [0.25, 0.3) is 132 Å². The van der Waals surface area contributed by atoms with Gasteiger partial charge in [0, 0.05) is 60.6 Å². The number of fused-ring (bicyclic) bond motifs is 6. The van der Waals surface area contributed by atoms with Gasteiger partial charge in [-0.25, -0.2) is 24.6 Å². The summed E-state index contributed by atoms with van der Waals surface area (Å²) in [5, 5.41) is 24.1. The van der Waals surface area contributed by atoms with E-state index in [1.165, 1.54) is 0 Å². The van der Waals surface area contributed by atoms with E-state index in [4.69, 9.17) is 28.1 Å². The van der Waals surface area contributed by atoms with E-state index in [0.29, 0.717) is 40.0 Å². The molecule has 0 aliphatic heterocycles. The molecule has 13 aromatic rings. The number of rotatable bonds is 8. The van der Waals surface area contributed by atoms with Gasteiger partial charge >= 0.3 is 0 Å². The standard InChI is InChI=1S/C67H37N9/c1-70-51-33-42(40-68)31-49(35-51)46-25-28-61-57(37-46)58-38-47(50-32-43(41-69)34-52(36-50)71-2)26-29-62(58)76(61)63-30-27-48(54-22-14-23-56-55-21-12-13-24-60(55)75(64(54)56)53-19-10-5-11-20-53)39-59(63)67-73-65(44-15-6-3-7-16-44)72-66(74-67)45-17-8-4-9-18-45/h3-39H. The minimum atomic E-state index is 0.374. The van der Waals surface area contributed by atoms with Crippen molar-refractivity contribution in [1.29, 1.82) is 10.5 Å². The number of nitriles is 2. The molecule has 350 valence electrons. The molecule has 0 fully saturated rings. The lowest BCUT2D eigenvalue weighted by Gasteiger charge is -2.17. The maximum Gasteiger partial charge on any atom is 0.189 e. The summed E-state index contributed by atoms with van der Waals surface area (Å²) >= 11 is 0. The molecule has 0 saturated heterocycles.